The molecule has 2 atom stereocenters. The molecule has 0 spiro atoms. The fourth-order valence-electron chi connectivity index (χ4n) is 2.30. The smallest absolute Gasteiger partial charge is 0.260 e. The third kappa shape index (κ3) is 2.96. The Balaban J connectivity index is 2.25. The Labute approximate surface area is 125 Å². The largest absolute Gasteiger partial charge is 0.393 e. The maximum atomic E-state index is 12.3. The first-order valence-electron chi connectivity index (χ1n) is 5.69. The SMILES string of the molecule is Cn1nnc(Br)c1S(=O)(=O)NC1CCCC1C(N)=S. The van der Waals surface area contributed by atoms with Crippen LogP contribution in [-0.4, -0.2) is 34.4 Å². The van der Waals surface area contributed by atoms with Crippen molar-refractivity contribution in [2.75, 3.05) is 0 Å². The van der Waals surface area contributed by atoms with Gasteiger partial charge in [-0.2, -0.15) is 0 Å². The minimum absolute atomic E-state index is 0.00101. The van der Waals surface area contributed by atoms with Crippen LogP contribution in [0.4, 0.5) is 0 Å². The standard InChI is InChI=1S/C9H14BrN5O2S2/c1-15-9(7(10)12-14-15)19(16,17)13-6-4-2-3-5(6)8(11)18/h5-6,13H,2-4H2,1H3,(H2,11,18). The molecule has 1 aromatic heterocycles. The van der Waals surface area contributed by atoms with E-state index in [0.29, 0.717) is 4.99 Å². The molecule has 0 saturated heterocycles. The number of rotatable bonds is 4. The van der Waals surface area contributed by atoms with Crippen LogP contribution in [0.1, 0.15) is 19.3 Å². The van der Waals surface area contributed by atoms with Gasteiger partial charge in [-0.1, -0.05) is 23.9 Å². The lowest BCUT2D eigenvalue weighted by Crippen LogP contribution is -2.42. The normalized spacial score (nSPS) is 23.7. The third-order valence-corrected chi connectivity index (χ3v) is 5.86. The van der Waals surface area contributed by atoms with Crippen molar-refractivity contribution in [2.45, 2.75) is 30.3 Å². The molecule has 1 aromatic rings. The second-order valence-electron chi connectivity index (χ2n) is 4.48. The topological polar surface area (TPSA) is 103 Å². The van der Waals surface area contributed by atoms with E-state index in [1.54, 1.807) is 0 Å². The van der Waals surface area contributed by atoms with Gasteiger partial charge in [-0.15, -0.1) is 5.10 Å². The first kappa shape index (κ1) is 14.8. The number of aryl methyl sites for hydroxylation is 1. The Kier molecular flexibility index (Phi) is 4.23. The molecule has 1 aliphatic carbocycles. The van der Waals surface area contributed by atoms with E-state index in [9.17, 15) is 8.42 Å². The number of hydrogen-bond acceptors (Lipinski definition) is 5. The van der Waals surface area contributed by atoms with Crippen LogP contribution in [-0.2, 0) is 17.1 Å². The zero-order valence-corrected chi connectivity index (χ0v) is 13.4. The molecule has 7 nitrogen and oxygen atoms in total. The van der Waals surface area contributed by atoms with Gasteiger partial charge >= 0.3 is 0 Å². The molecular weight excluding hydrogens is 354 g/mol. The summed E-state index contributed by atoms with van der Waals surface area (Å²) in [6, 6.07) is -0.260. The first-order chi connectivity index (χ1) is 8.83. The van der Waals surface area contributed by atoms with E-state index in [4.69, 9.17) is 18.0 Å². The number of nitrogens with one attached hydrogen (secondary N) is 1. The Bertz CT molecular complexity index is 580. The first-order valence-corrected chi connectivity index (χ1v) is 8.38. The lowest BCUT2D eigenvalue weighted by atomic mass is 10.1. The van der Waals surface area contributed by atoms with E-state index in [0.717, 1.165) is 19.3 Å². The molecule has 10 heteroatoms. The number of halogens is 1. The minimum atomic E-state index is -3.70. The molecule has 0 aliphatic heterocycles. The van der Waals surface area contributed by atoms with E-state index in [1.807, 2.05) is 0 Å². The fraction of sp³-hybridized carbons (Fsp3) is 0.667. The van der Waals surface area contributed by atoms with Crippen molar-refractivity contribution in [1.82, 2.24) is 19.7 Å². The summed E-state index contributed by atoms with van der Waals surface area (Å²) in [6.07, 6.45) is 2.44. The van der Waals surface area contributed by atoms with Crippen LogP contribution in [0.25, 0.3) is 0 Å². The molecule has 0 radical (unpaired) electrons. The molecule has 1 aliphatic rings. The number of nitrogens with two attached hydrogens (primary N) is 1. The van der Waals surface area contributed by atoms with E-state index in [-0.39, 0.29) is 21.6 Å². The monoisotopic (exact) mass is 367 g/mol. The Morgan fingerprint density at radius 2 is 2.26 bits per heavy atom. The Morgan fingerprint density at radius 1 is 1.58 bits per heavy atom. The molecule has 0 amide bonds. The summed E-state index contributed by atoms with van der Waals surface area (Å²) in [5, 5.41) is 7.33. The lowest BCUT2D eigenvalue weighted by molar-refractivity contribution is 0.514. The molecule has 3 N–H and O–H groups in total. The maximum absolute atomic E-state index is 12.3. The van der Waals surface area contributed by atoms with Crippen LogP contribution in [0.15, 0.2) is 9.63 Å². The Morgan fingerprint density at radius 3 is 2.79 bits per heavy atom. The second-order valence-corrected chi connectivity index (χ2v) is 7.33. The molecule has 1 heterocycles. The highest BCUT2D eigenvalue weighted by atomic mass is 79.9. The zero-order chi connectivity index (χ0) is 14.2. The van der Waals surface area contributed by atoms with Crippen LogP contribution in [0.2, 0.25) is 0 Å². The van der Waals surface area contributed by atoms with E-state index >= 15 is 0 Å². The average Bonchev–Trinajstić information content (AvgIpc) is 2.85. The molecule has 106 valence electrons. The molecule has 0 bridgehead atoms. The highest BCUT2D eigenvalue weighted by Crippen LogP contribution is 2.28. The van der Waals surface area contributed by atoms with Crippen LogP contribution in [0.5, 0.6) is 0 Å². The summed E-state index contributed by atoms with van der Waals surface area (Å²) in [5.41, 5.74) is 5.64. The summed E-state index contributed by atoms with van der Waals surface area (Å²) >= 11 is 8.06. The van der Waals surface area contributed by atoms with Gasteiger partial charge in [0.2, 0.25) is 5.03 Å². The van der Waals surface area contributed by atoms with Gasteiger partial charge in [-0.3, -0.25) is 0 Å². The van der Waals surface area contributed by atoms with Crippen molar-refractivity contribution in [3.05, 3.63) is 4.60 Å². The van der Waals surface area contributed by atoms with Crippen LogP contribution in [0.3, 0.4) is 0 Å². The number of sulfonamides is 1. The average molecular weight is 368 g/mol. The number of aromatic nitrogens is 3. The molecule has 0 aromatic carbocycles. The molecular formula is C9H14BrN5O2S2. The number of thiocarbonyl (C=S) groups is 1. The van der Waals surface area contributed by atoms with Crippen molar-refractivity contribution < 1.29 is 8.42 Å². The molecule has 1 fully saturated rings. The van der Waals surface area contributed by atoms with E-state index in [1.165, 1.54) is 11.7 Å². The Hall–Kier alpha value is -0.580. The van der Waals surface area contributed by atoms with Crippen LogP contribution in [0, 0.1) is 5.92 Å². The molecule has 2 rings (SSSR count). The minimum Gasteiger partial charge on any atom is -0.393 e. The van der Waals surface area contributed by atoms with Crippen molar-refractivity contribution in [3.63, 3.8) is 0 Å². The predicted octanol–water partition coefficient (Wildman–Crippen LogP) is 0.311. The van der Waals surface area contributed by atoms with Gasteiger partial charge in [0.15, 0.2) is 4.60 Å². The third-order valence-electron chi connectivity index (χ3n) is 3.18. The van der Waals surface area contributed by atoms with Gasteiger partial charge in [-0.25, -0.2) is 17.8 Å². The summed E-state index contributed by atoms with van der Waals surface area (Å²) in [4.78, 5) is 0.354. The number of nitrogens with zero attached hydrogens (tertiary/aromatic N) is 3. The summed E-state index contributed by atoms with van der Waals surface area (Å²) < 4.78 is 28.7. The molecule has 1 saturated carbocycles. The maximum Gasteiger partial charge on any atom is 0.260 e. The van der Waals surface area contributed by atoms with Crippen LogP contribution >= 0.6 is 28.1 Å². The van der Waals surface area contributed by atoms with Crippen molar-refractivity contribution in [2.24, 2.45) is 18.7 Å². The van der Waals surface area contributed by atoms with Crippen molar-refractivity contribution >= 4 is 43.2 Å². The zero-order valence-electron chi connectivity index (χ0n) is 10.2. The van der Waals surface area contributed by atoms with Crippen molar-refractivity contribution in [1.29, 1.82) is 0 Å². The van der Waals surface area contributed by atoms with Crippen molar-refractivity contribution in [3.8, 4) is 0 Å². The highest BCUT2D eigenvalue weighted by Gasteiger charge is 2.35. The summed E-state index contributed by atoms with van der Waals surface area (Å²) in [7, 11) is -2.18. The van der Waals surface area contributed by atoms with E-state index < -0.39 is 10.0 Å². The summed E-state index contributed by atoms with van der Waals surface area (Å²) in [5.74, 6) is -0.0928. The van der Waals surface area contributed by atoms with Gasteiger partial charge in [0.1, 0.15) is 0 Å². The highest BCUT2D eigenvalue weighted by molar-refractivity contribution is 9.10. The number of hydrogen-bond donors (Lipinski definition) is 2. The lowest BCUT2D eigenvalue weighted by Gasteiger charge is -2.19. The van der Waals surface area contributed by atoms with Gasteiger partial charge in [-0.05, 0) is 28.8 Å². The quantitative estimate of drug-likeness (QED) is 0.742. The molecule has 19 heavy (non-hydrogen) atoms. The predicted molar refractivity (Wildman–Crippen MR) is 76.9 cm³/mol. The van der Waals surface area contributed by atoms with Gasteiger partial charge < -0.3 is 5.73 Å². The fourth-order valence-corrected chi connectivity index (χ4v) is 4.99. The van der Waals surface area contributed by atoms with Gasteiger partial charge in [0.25, 0.3) is 10.0 Å². The molecule has 2 unspecified atom stereocenters. The second kappa shape index (κ2) is 5.43. The van der Waals surface area contributed by atoms with Gasteiger partial charge in [0.05, 0.1) is 4.99 Å². The van der Waals surface area contributed by atoms with Crippen LogP contribution < -0.4 is 10.5 Å². The van der Waals surface area contributed by atoms with E-state index in [2.05, 4.69) is 31.0 Å². The summed E-state index contributed by atoms with van der Waals surface area (Å²) in [6.45, 7) is 0. The van der Waals surface area contributed by atoms with Gasteiger partial charge in [0, 0.05) is 19.0 Å².